The molecule has 1 fully saturated rings. The van der Waals surface area contributed by atoms with Gasteiger partial charge in [0.15, 0.2) is 12.6 Å². The van der Waals surface area contributed by atoms with Crippen molar-refractivity contribution in [2.24, 2.45) is 0 Å². The maximum absolute atomic E-state index is 14.1. The average molecular weight is 304 g/mol. The number of aromatic nitrogens is 2. The summed E-state index contributed by atoms with van der Waals surface area (Å²) in [5.41, 5.74) is 1.49. The van der Waals surface area contributed by atoms with Crippen LogP contribution in [0.3, 0.4) is 0 Å². The Hall–Kier alpha value is -2.38. The van der Waals surface area contributed by atoms with Crippen molar-refractivity contribution in [1.29, 1.82) is 0 Å². The summed E-state index contributed by atoms with van der Waals surface area (Å²) < 4.78 is 30.1. The summed E-state index contributed by atoms with van der Waals surface area (Å²) in [7, 11) is 1.45. The molecule has 1 aliphatic rings. The second-order valence-corrected chi connectivity index (χ2v) is 4.59. The zero-order chi connectivity index (χ0) is 15.5. The molecular weight excluding hydrogens is 291 g/mol. The lowest BCUT2D eigenvalue weighted by Crippen LogP contribution is -2.04. The Morgan fingerprint density at radius 2 is 2.00 bits per heavy atom. The first-order valence-corrected chi connectivity index (χ1v) is 6.61. The number of hydrogen-bond acceptors (Lipinski definition) is 6. The number of rotatable bonds is 4. The molecule has 3 heterocycles. The topological polar surface area (TPSA) is 70.5 Å². The molecule has 0 aromatic carbocycles. The minimum Gasteiger partial charge on any atom is -0.481 e. The Morgan fingerprint density at radius 3 is 2.68 bits per heavy atom. The number of carbonyl (C=O) groups excluding carboxylic acids is 1. The molecule has 6 nitrogen and oxygen atoms in total. The lowest BCUT2D eigenvalue weighted by molar-refractivity contribution is -0.0437. The SMILES string of the molecule is COc1cc(-c2cnc(C=O)cc2C2OCCO2)c(F)cn1. The van der Waals surface area contributed by atoms with E-state index in [0.29, 0.717) is 30.6 Å². The van der Waals surface area contributed by atoms with Crippen LogP contribution in [0.1, 0.15) is 22.3 Å². The van der Waals surface area contributed by atoms with Crippen LogP contribution in [0.5, 0.6) is 5.88 Å². The molecule has 0 amide bonds. The molecule has 0 atom stereocenters. The summed E-state index contributed by atoms with van der Waals surface area (Å²) in [6.45, 7) is 0.871. The fourth-order valence-corrected chi connectivity index (χ4v) is 2.25. The van der Waals surface area contributed by atoms with Gasteiger partial charge in [-0.05, 0) is 6.07 Å². The van der Waals surface area contributed by atoms with Gasteiger partial charge in [-0.15, -0.1) is 0 Å². The van der Waals surface area contributed by atoms with Crippen molar-refractivity contribution >= 4 is 6.29 Å². The monoisotopic (exact) mass is 304 g/mol. The van der Waals surface area contributed by atoms with Crippen LogP contribution >= 0.6 is 0 Å². The molecule has 7 heteroatoms. The number of ether oxygens (including phenoxy) is 3. The van der Waals surface area contributed by atoms with Gasteiger partial charge in [0.25, 0.3) is 0 Å². The quantitative estimate of drug-likeness (QED) is 0.806. The second-order valence-electron chi connectivity index (χ2n) is 4.59. The van der Waals surface area contributed by atoms with Gasteiger partial charge in [0.05, 0.1) is 26.5 Å². The fraction of sp³-hybridized carbons (Fsp3) is 0.267. The predicted molar refractivity (Wildman–Crippen MR) is 74.0 cm³/mol. The Balaban J connectivity index is 2.15. The van der Waals surface area contributed by atoms with E-state index in [1.54, 1.807) is 0 Å². The molecule has 114 valence electrons. The summed E-state index contributed by atoms with van der Waals surface area (Å²) >= 11 is 0. The highest BCUT2D eigenvalue weighted by atomic mass is 19.1. The van der Waals surface area contributed by atoms with E-state index in [-0.39, 0.29) is 17.1 Å². The molecule has 0 N–H and O–H groups in total. The molecule has 0 aliphatic carbocycles. The van der Waals surface area contributed by atoms with Crippen LogP contribution in [0.25, 0.3) is 11.1 Å². The van der Waals surface area contributed by atoms with Gasteiger partial charge in [-0.2, -0.15) is 0 Å². The van der Waals surface area contributed by atoms with Gasteiger partial charge in [-0.25, -0.2) is 9.37 Å². The molecule has 0 bridgehead atoms. The van der Waals surface area contributed by atoms with Crippen LogP contribution < -0.4 is 4.74 Å². The molecule has 1 aliphatic heterocycles. The summed E-state index contributed by atoms with van der Waals surface area (Å²) in [5, 5.41) is 0. The largest absolute Gasteiger partial charge is 0.481 e. The van der Waals surface area contributed by atoms with Gasteiger partial charge >= 0.3 is 0 Å². The van der Waals surface area contributed by atoms with Gasteiger partial charge in [0.2, 0.25) is 5.88 Å². The molecule has 0 radical (unpaired) electrons. The third kappa shape index (κ3) is 2.68. The maximum atomic E-state index is 14.1. The standard InChI is InChI=1S/C15H13FN2O4/c1-20-14-5-10(13(16)7-18-14)12-6-17-9(8-19)4-11(12)15-21-2-3-22-15/h4-8,15H,2-3H2,1H3. The molecule has 22 heavy (non-hydrogen) atoms. The molecule has 1 saturated heterocycles. The molecule has 0 saturated carbocycles. The van der Waals surface area contributed by atoms with E-state index in [0.717, 1.165) is 6.20 Å². The van der Waals surface area contributed by atoms with Crippen LogP contribution in [0.4, 0.5) is 4.39 Å². The summed E-state index contributed by atoms with van der Waals surface area (Å²) in [6.07, 6.45) is 2.45. The number of nitrogens with zero attached hydrogens (tertiary/aromatic N) is 2. The highest BCUT2D eigenvalue weighted by Crippen LogP contribution is 2.34. The van der Waals surface area contributed by atoms with E-state index in [1.165, 1.54) is 25.4 Å². The third-order valence-corrected chi connectivity index (χ3v) is 3.28. The van der Waals surface area contributed by atoms with E-state index in [9.17, 15) is 9.18 Å². The van der Waals surface area contributed by atoms with Crippen LogP contribution in [0.15, 0.2) is 24.5 Å². The normalized spacial score (nSPS) is 15.0. The number of methoxy groups -OCH3 is 1. The number of pyridine rings is 2. The Morgan fingerprint density at radius 1 is 1.23 bits per heavy atom. The summed E-state index contributed by atoms with van der Waals surface area (Å²) in [6, 6.07) is 3.00. The van der Waals surface area contributed by atoms with Crippen LogP contribution in [-0.2, 0) is 9.47 Å². The number of hydrogen-bond donors (Lipinski definition) is 0. The average Bonchev–Trinajstić information content (AvgIpc) is 3.09. The van der Waals surface area contributed by atoms with Crippen molar-refractivity contribution in [3.05, 3.63) is 41.6 Å². The maximum Gasteiger partial charge on any atom is 0.213 e. The van der Waals surface area contributed by atoms with Crippen LogP contribution in [0, 0.1) is 5.82 Å². The van der Waals surface area contributed by atoms with Crippen molar-refractivity contribution in [1.82, 2.24) is 9.97 Å². The Labute approximate surface area is 125 Å². The van der Waals surface area contributed by atoms with Gasteiger partial charge in [0, 0.05) is 29.0 Å². The molecular formula is C15H13FN2O4. The van der Waals surface area contributed by atoms with Crippen molar-refractivity contribution < 1.29 is 23.4 Å². The zero-order valence-corrected chi connectivity index (χ0v) is 11.8. The van der Waals surface area contributed by atoms with E-state index < -0.39 is 12.1 Å². The smallest absolute Gasteiger partial charge is 0.213 e. The van der Waals surface area contributed by atoms with Crippen LogP contribution in [0.2, 0.25) is 0 Å². The minimum atomic E-state index is -0.657. The van der Waals surface area contributed by atoms with Gasteiger partial charge in [0.1, 0.15) is 11.5 Å². The van der Waals surface area contributed by atoms with Gasteiger partial charge in [-0.3, -0.25) is 9.78 Å². The lowest BCUT2D eigenvalue weighted by atomic mass is 10.0. The Kier molecular flexibility index (Phi) is 4.08. The predicted octanol–water partition coefficient (Wildman–Crippen LogP) is 2.15. The number of carbonyl (C=O) groups is 1. The molecule has 0 spiro atoms. The first-order valence-electron chi connectivity index (χ1n) is 6.61. The van der Waals surface area contributed by atoms with Gasteiger partial charge < -0.3 is 14.2 Å². The summed E-state index contributed by atoms with van der Waals surface area (Å²) in [4.78, 5) is 18.7. The van der Waals surface area contributed by atoms with Crippen LogP contribution in [-0.4, -0.2) is 36.6 Å². The fourth-order valence-electron chi connectivity index (χ4n) is 2.25. The van der Waals surface area contributed by atoms with E-state index in [4.69, 9.17) is 14.2 Å². The zero-order valence-electron chi connectivity index (χ0n) is 11.8. The first-order chi connectivity index (χ1) is 10.7. The van der Waals surface area contributed by atoms with E-state index >= 15 is 0 Å². The van der Waals surface area contributed by atoms with Crippen molar-refractivity contribution in [3.63, 3.8) is 0 Å². The van der Waals surface area contributed by atoms with Crippen molar-refractivity contribution in [2.45, 2.75) is 6.29 Å². The van der Waals surface area contributed by atoms with Gasteiger partial charge in [-0.1, -0.05) is 0 Å². The number of halogens is 1. The highest BCUT2D eigenvalue weighted by Gasteiger charge is 2.24. The minimum absolute atomic E-state index is 0.222. The summed E-state index contributed by atoms with van der Waals surface area (Å²) in [5.74, 6) is -0.254. The highest BCUT2D eigenvalue weighted by molar-refractivity contribution is 5.76. The van der Waals surface area contributed by atoms with Crippen molar-refractivity contribution in [2.75, 3.05) is 20.3 Å². The molecule has 3 rings (SSSR count). The third-order valence-electron chi connectivity index (χ3n) is 3.28. The molecule has 2 aromatic heterocycles. The second kappa shape index (κ2) is 6.17. The lowest BCUT2D eigenvalue weighted by Gasteiger charge is -2.15. The first kappa shape index (κ1) is 14.6. The van der Waals surface area contributed by atoms with Crippen molar-refractivity contribution in [3.8, 4) is 17.0 Å². The van der Waals surface area contributed by atoms with E-state index in [2.05, 4.69) is 9.97 Å². The van der Waals surface area contributed by atoms with E-state index in [1.807, 2.05) is 0 Å². The molecule has 2 aromatic rings. The number of aldehydes is 1. The Bertz CT molecular complexity index is 702. The molecule has 0 unspecified atom stereocenters.